The normalized spacial score (nSPS) is 21.9. The van der Waals surface area contributed by atoms with Crippen molar-refractivity contribution in [2.24, 2.45) is 0 Å². The van der Waals surface area contributed by atoms with Gasteiger partial charge in [0, 0.05) is 25.4 Å². The maximum Gasteiger partial charge on any atom is 0.276 e. The molecule has 2 aromatic rings. The minimum absolute atomic E-state index is 0.0230. The Morgan fingerprint density at radius 3 is 2.72 bits per heavy atom. The number of pyridine rings is 1. The van der Waals surface area contributed by atoms with Crippen LogP contribution in [0.5, 0.6) is 0 Å². The molecule has 25 heavy (non-hydrogen) atoms. The van der Waals surface area contributed by atoms with Crippen LogP contribution in [-0.4, -0.2) is 57.2 Å². The van der Waals surface area contributed by atoms with Crippen molar-refractivity contribution < 1.29 is 13.6 Å². The predicted molar refractivity (Wildman–Crippen MR) is 88.5 cm³/mol. The van der Waals surface area contributed by atoms with E-state index in [0.717, 1.165) is 18.4 Å². The Morgan fingerprint density at radius 2 is 2.04 bits per heavy atom. The van der Waals surface area contributed by atoms with Gasteiger partial charge in [-0.1, -0.05) is 11.8 Å². The summed E-state index contributed by atoms with van der Waals surface area (Å²) in [4.78, 5) is 28.6. The first-order chi connectivity index (χ1) is 12.1. The van der Waals surface area contributed by atoms with Crippen LogP contribution in [0.4, 0.5) is 14.6 Å². The molecule has 0 aromatic carbocycles. The van der Waals surface area contributed by atoms with E-state index in [1.807, 2.05) is 12.3 Å². The Balaban J connectivity index is 1.50. The van der Waals surface area contributed by atoms with Gasteiger partial charge < -0.3 is 9.80 Å². The molecule has 5 rings (SSSR count). The SMILES string of the molecule is CSc1nccc(N2CC3CC(C2)N3C(=O)c2ncc(F)cc2F)n1. The quantitative estimate of drug-likeness (QED) is 0.614. The second-order valence-corrected chi connectivity index (χ2v) is 6.82. The highest BCUT2D eigenvalue weighted by atomic mass is 32.2. The largest absolute Gasteiger partial charge is 0.352 e. The van der Waals surface area contributed by atoms with Crippen LogP contribution >= 0.6 is 11.8 Å². The van der Waals surface area contributed by atoms with Crippen LogP contribution in [0, 0.1) is 11.6 Å². The molecule has 0 radical (unpaired) electrons. The zero-order valence-corrected chi connectivity index (χ0v) is 14.2. The highest BCUT2D eigenvalue weighted by Gasteiger charge is 2.48. The van der Waals surface area contributed by atoms with Gasteiger partial charge in [-0.3, -0.25) is 4.79 Å². The molecule has 3 fully saturated rings. The first-order valence-corrected chi connectivity index (χ1v) is 9.05. The van der Waals surface area contributed by atoms with Gasteiger partial charge in [0.15, 0.2) is 16.7 Å². The summed E-state index contributed by atoms with van der Waals surface area (Å²) in [6.07, 6.45) is 5.36. The maximum absolute atomic E-state index is 13.8. The number of fused-ring (bicyclic) bond motifs is 2. The smallest absolute Gasteiger partial charge is 0.276 e. The second kappa shape index (κ2) is 6.21. The highest BCUT2D eigenvalue weighted by molar-refractivity contribution is 7.98. The van der Waals surface area contributed by atoms with Gasteiger partial charge in [-0.25, -0.2) is 23.7 Å². The summed E-state index contributed by atoms with van der Waals surface area (Å²) in [7, 11) is 0. The summed E-state index contributed by atoms with van der Waals surface area (Å²) in [5, 5.41) is 0.697. The number of aromatic nitrogens is 3. The molecule has 2 unspecified atom stereocenters. The van der Waals surface area contributed by atoms with Crippen LogP contribution in [-0.2, 0) is 0 Å². The molecule has 0 spiro atoms. The molecule has 0 saturated carbocycles. The number of halogens is 2. The Morgan fingerprint density at radius 1 is 1.28 bits per heavy atom. The van der Waals surface area contributed by atoms with E-state index in [1.54, 1.807) is 11.1 Å². The van der Waals surface area contributed by atoms with Gasteiger partial charge in [0.2, 0.25) is 0 Å². The zero-order valence-electron chi connectivity index (χ0n) is 13.4. The van der Waals surface area contributed by atoms with Crippen molar-refractivity contribution in [2.75, 3.05) is 24.2 Å². The highest BCUT2D eigenvalue weighted by Crippen LogP contribution is 2.35. The van der Waals surface area contributed by atoms with Crippen molar-refractivity contribution in [2.45, 2.75) is 23.7 Å². The third-order valence-corrected chi connectivity index (χ3v) is 5.13. The number of carbonyl (C=O) groups excluding carboxylic acids is 1. The number of hydrogen-bond acceptors (Lipinski definition) is 6. The summed E-state index contributed by atoms with van der Waals surface area (Å²) in [6.45, 7) is 1.24. The van der Waals surface area contributed by atoms with Crippen LogP contribution in [0.2, 0.25) is 0 Å². The molecule has 130 valence electrons. The van der Waals surface area contributed by atoms with E-state index in [-0.39, 0.29) is 17.8 Å². The maximum atomic E-state index is 13.8. The lowest BCUT2D eigenvalue weighted by Crippen LogP contribution is -2.70. The standard InChI is InChI=1S/C16H15F2N5OS/c1-25-16-19-3-2-13(21-16)22-7-10-5-11(8-22)23(10)15(24)14-12(18)4-9(17)6-20-14/h2-4,6,10-11H,5,7-8H2,1H3. The monoisotopic (exact) mass is 363 g/mol. The van der Waals surface area contributed by atoms with Crippen LogP contribution in [0.15, 0.2) is 29.7 Å². The molecule has 2 aromatic heterocycles. The number of anilines is 1. The summed E-state index contributed by atoms with van der Waals surface area (Å²) >= 11 is 1.47. The number of hydrogen-bond donors (Lipinski definition) is 0. The number of amides is 1. The van der Waals surface area contributed by atoms with Gasteiger partial charge in [-0.15, -0.1) is 0 Å². The average molecular weight is 363 g/mol. The van der Waals surface area contributed by atoms with Gasteiger partial charge >= 0.3 is 0 Å². The third kappa shape index (κ3) is 2.82. The molecule has 0 aliphatic carbocycles. The van der Waals surface area contributed by atoms with E-state index in [2.05, 4.69) is 19.9 Å². The molecule has 5 heterocycles. The first kappa shape index (κ1) is 16.2. The van der Waals surface area contributed by atoms with E-state index >= 15 is 0 Å². The number of carbonyl (C=O) groups is 1. The Hall–Kier alpha value is -2.29. The lowest BCUT2D eigenvalue weighted by atomic mass is 9.87. The first-order valence-electron chi connectivity index (χ1n) is 7.82. The fourth-order valence-electron chi connectivity index (χ4n) is 3.43. The van der Waals surface area contributed by atoms with Crippen LogP contribution < -0.4 is 4.90 Å². The van der Waals surface area contributed by atoms with E-state index in [4.69, 9.17) is 0 Å². The van der Waals surface area contributed by atoms with Crippen molar-refractivity contribution in [1.29, 1.82) is 0 Å². The summed E-state index contributed by atoms with van der Waals surface area (Å²) < 4.78 is 26.8. The summed E-state index contributed by atoms with van der Waals surface area (Å²) in [6, 6.07) is 2.49. The van der Waals surface area contributed by atoms with Gasteiger partial charge in [-0.2, -0.15) is 0 Å². The van der Waals surface area contributed by atoms with E-state index < -0.39 is 17.5 Å². The molecule has 6 nitrogen and oxygen atoms in total. The van der Waals surface area contributed by atoms with Crippen molar-refractivity contribution >= 4 is 23.5 Å². The van der Waals surface area contributed by atoms with E-state index in [1.165, 1.54) is 11.8 Å². The minimum Gasteiger partial charge on any atom is -0.352 e. The molecule has 1 amide bonds. The lowest BCUT2D eigenvalue weighted by Gasteiger charge is -2.56. The van der Waals surface area contributed by atoms with Gasteiger partial charge in [-0.05, 0) is 18.7 Å². The van der Waals surface area contributed by atoms with Crippen molar-refractivity contribution in [3.05, 3.63) is 41.9 Å². The summed E-state index contributed by atoms with van der Waals surface area (Å²) in [5.41, 5.74) is -0.323. The molecule has 3 aliphatic rings. The molecule has 2 bridgehead atoms. The van der Waals surface area contributed by atoms with E-state index in [9.17, 15) is 13.6 Å². The van der Waals surface area contributed by atoms with Gasteiger partial charge in [0.05, 0.1) is 18.3 Å². The molecular weight excluding hydrogens is 348 g/mol. The molecule has 0 N–H and O–H groups in total. The van der Waals surface area contributed by atoms with Crippen molar-refractivity contribution in [1.82, 2.24) is 19.9 Å². The molecule has 3 saturated heterocycles. The third-order valence-electron chi connectivity index (χ3n) is 4.56. The minimum atomic E-state index is -0.924. The number of thioether (sulfide) groups is 1. The van der Waals surface area contributed by atoms with Gasteiger partial charge in [0.25, 0.3) is 5.91 Å². The lowest BCUT2D eigenvalue weighted by molar-refractivity contribution is 0.00478. The Labute approximate surface area is 147 Å². The van der Waals surface area contributed by atoms with Crippen LogP contribution in [0.3, 0.4) is 0 Å². The fourth-order valence-corrected chi connectivity index (χ4v) is 3.78. The summed E-state index contributed by atoms with van der Waals surface area (Å²) in [5.74, 6) is -1.37. The molecule has 9 heteroatoms. The van der Waals surface area contributed by atoms with Crippen LogP contribution in [0.25, 0.3) is 0 Å². The molecule has 3 aliphatic heterocycles. The Kier molecular flexibility index (Phi) is 4.03. The molecule has 2 atom stereocenters. The van der Waals surface area contributed by atoms with Crippen molar-refractivity contribution in [3.63, 3.8) is 0 Å². The number of rotatable bonds is 3. The Bertz CT molecular complexity index is 824. The fraction of sp³-hybridized carbons (Fsp3) is 0.375. The van der Waals surface area contributed by atoms with E-state index in [0.29, 0.717) is 24.3 Å². The number of piperidine rings is 1. The second-order valence-electron chi connectivity index (χ2n) is 6.05. The van der Waals surface area contributed by atoms with Crippen LogP contribution in [0.1, 0.15) is 16.9 Å². The number of nitrogens with zero attached hydrogens (tertiary/aromatic N) is 5. The molecular formula is C16H15F2N5OS. The van der Waals surface area contributed by atoms with Gasteiger partial charge in [0.1, 0.15) is 11.6 Å². The van der Waals surface area contributed by atoms with Crippen molar-refractivity contribution in [3.8, 4) is 0 Å². The number of piperazine rings is 1. The average Bonchev–Trinajstić information content (AvgIpc) is 2.61. The predicted octanol–water partition coefficient (Wildman–Crippen LogP) is 1.98. The zero-order chi connectivity index (χ0) is 17.6. The topological polar surface area (TPSA) is 62.2 Å².